The van der Waals surface area contributed by atoms with Gasteiger partial charge in [0.15, 0.2) is 0 Å². The van der Waals surface area contributed by atoms with Gasteiger partial charge in [0.1, 0.15) is 0 Å². The zero-order valence-corrected chi connectivity index (χ0v) is 20.0. The van der Waals surface area contributed by atoms with E-state index in [0.717, 1.165) is 21.9 Å². The molecule has 0 unspecified atom stereocenters. The first kappa shape index (κ1) is 24.8. The van der Waals surface area contributed by atoms with Gasteiger partial charge in [-0.05, 0) is 62.1 Å². The van der Waals surface area contributed by atoms with Gasteiger partial charge in [0.25, 0.3) is 11.8 Å². The Morgan fingerprint density at radius 3 is 2.40 bits per heavy atom. The predicted molar refractivity (Wildman–Crippen MR) is 130 cm³/mol. The van der Waals surface area contributed by atoms with Crippen LogP contribution >= 0.6 is 11.8 Å². The average Bonchev–Trinajstić information content (AvgIpc) is 2.93. The molecule has 1 heterocycles. The lowest BCUT2D eigenvalue weighted by Crippen LogP contribution is -2.32. The molecular formula is C26H24F3N3O2S. The van der Waals surface area contributed by atoms with Gasteiger partial charge in [0.05, 0.1) is 23.4 Å². The molecule has 0 aromatic heterocycles. The summed E-state index contributed by atoms with van der Waals surface area (Å²) in [5.74, 6) is -0.541. The van der Waals surface area contributed by atoms with E-state index >= 15 is 0 Å². The van der Waals surface area contributed by atoms with Gasteiger partial charge in [0.2, 0.25) is 0 Å². The fraction of sp³-hybridized carbons (Fsp3) is 0.231. The van der Waals surface area contributed by atoms with Gasteiger partial charge < -0.3 is 15.1 Å². The summed E-state index contributed by atoms with van der Waals surface area (Å²) in [6, 6.07) is 17.1. The Labute approximate surface area is 205 Å². The molecule has 182 valence electrons. The summed E-state index contributed by atoms with van der Waals surface area (Å²) in [7, 11) is 3.82. The third kappa shape index (κ3) is 5.68. The summed E-state index contributed by atoms with van der Waals surface area (Å²) in [6.45, 7) is 1.21. The highest BCUT2D eigenvalue weighted by Crippen LogP contribution is 2.42. The highest BCUT2D eigenvalue weighted by Gasteiger charge is 2.31. The van der Waals surface area contributed by atoms with Crippen LogP contribution in [0.5, 0.6) is 0 Å². The van der Waals surface area contributed by atoms with Crippen LogP contribution in [0.2, 0.25) is 0 Å². The van der Waals surface area contributed by atoms with Gasteiger partial charge in [0, 0.05) is 28.4 Å². The normalized spacial score (nSPS) is 13.3. The molecule has 0 fully saturated rings. The average molecular weight is 500 g/mol. The topological polar surface area (TPSA) is 52.7 Å². The molecule has 0 aliphatic carbocycles. The predicted octanol–water partition coefficient (Wildman–Crippen LogP) is 5.31. The number of nitrogens with one attached hydrogen (secondary N) is 1. The summed E-state index contributed by atoms with van der Waals surface area (Å²) in [5.41, 5.74) is 1.23. The summed E-state index contributed by atoms with van der Waals surface area (Å²) in [6.07, 6.45) is -4.44. The fourth-order valence-electron chi connectivity index (χ4n) is 3.70. The van der Waals surface area contributed by atoms with Crippen molar-refractivity contribution in [2.24, 2.45) is 0 Å². The number of carbonyl (C=O) groups is 2. The molecule has 1 aliphatic rings. The first-order valence-electron chi connectivity index (χ1n) is 11.0. The number of alkyl halides is 3. The molecule has 3 aromatic carbocycles. The molecular weight excluding hydrogens is 475 g/mol. The quantitative estimate of drug-likeness (QED) is 0.500. The highest BCUT2D eigenvalue weighted by atomic mass is 32.2. The van der Waals surface area contributed by atoms with Crippen molar-refractivity contribution in [3.8, 4) is 0 Å². The van der Waals surface area contributed by atoms with E-state index in [0.29, 0.717) is 35.5 Å². The summed E-state index contributed by atoms with van der Waals surface area (Å²) in [5, 5.41) is 2.87. The minimum Gasteiger partial charge on any atom is -0.351 e. The Morgan fingerprint density at radius 2 is 1.71 bits per heavy atom. The first-order valence-corrected chi connectivity index (χ1v) is 11.8. The van der Waals surface area contributed by atoms with Crippen molar-refractivity contribution in [1.29, 1.82) is 0 Å². The molecule has 4 rings (SSSR count). The number of nitrogens with zero attached hydrogens (tertiary/aromatic N) is 2. The number of anilines is 1. The van der Waals surface area contributed by atoms with Crippen LogP contribution in [-0.4, -0.2) is 43.9 Å². The molecule has 1 N–H and O–H groups in total. The van der Waals surface area contributed by atoms with Crippen molar-refractivity contribution in [1.82, 2.24) is 10.2 Å². The Kier molecular flexibility index (Phi) is 7.18. The van der Waals surface area contributed by atoms with Gasteiger partial charge in [-0.1, -0.05) is 36.0 Å². The number of benzene rings is 3. The molecule has 0 saturated carbocycles. The van der Waals surface area contributed by atoms with Gasteiger partial charge in [-0.15, -0.1) is 0 Å². The molecule has 3 aromatic rings. The lowest BCUT2D eigenvalue weighted by atomic mass is 10.1. The lowest BCUT2D eigenvalue weighted by molar-refractivity contribution is -0.137. The van der Waals surface area contributed by atoms with E-state index in [4.69, 9.17) is 0 Å². The molecule has 1 aliphatic heterocycles. The van der Waals surface area contributed by atoms with Gasteiger partial charge >= 0.3 is 6.18 Å². The second kappa shape index (κ2) is 10.1. The maximum absolute atomic E-state index is 13.6. The minimum absolute atomic E-state index is 0.0601. The van der Waals surface area contributed by atoms with Gasteiger partial charge in [-0.2, -0.15) is 13.2 Å². The van der Waals surface area contributed by atoms with E-state index in [1.807, 2.05) is 31.1 Å². The first-order chi connectivity index (χ1) is 16.6. The van der Waals surface area contributed by atoms with Crippen molar-refractivity contribution < 1.29 is 22.8 Å². The molecule has 0 bridgehead atoms. The molecule has 5 nitrogen and oxygen atoms in total. The van der Waals surface area contributed by atoms with E-state index in [2.05, 4.69) is 5.32 Å². The number of fused-ring (bicyclic) bond motifs is 2. The zero-order chi connectivity index (χ0) is 25.2. The van der Waals surface area contributed by atoms with Crippen LogP contribution in [0.15, 0.2) is 76.5 Å². The van der Waals surface area contributed by atoms with Crippen LogP contribution in [0.1, 0.15) is 31.8 Å². The Balaban J connectivity index is 1.70. The Hall–Kier alpha value is -3.30. The third-order valence-corrected chi connectivity index (χ3v) is 6.70. The number of likely N-dealkylation sites (N-methyl/N-ethyl adjacent to an activating group) is 1. The van der Waals surface area contributed by atoms with Crippen molar-refractivity contribution in [2.75, 3.05) is 32.1 Å². The maximum Gasteiger partial charge on any atom is 0.416 e. The highest BCUT2D eigenvalue weighted by molar-refractivity contribution is 7.99. The van der Waals surface area contributed by atoms with E-state index in [9.17, 15) is 22.8 Å². The maximum atomic E-state index is 13.6. The number of rotatable bonds is 6. The molecule has 0 atom stereocenters. The molecule has 9 heteroatoms. The molecule has 0 spiro atoms. The van der Waals surface area contributed by atoms with Crippen LogP contribution in [0, 0.1) is 0 Å². The minimum atomic E-state index is -4.44. The van der Waals surface area contributed by atoms with E-state index in [1.165, 1.54) is 28.8 Å². The van der Waals surface area contributed by atoms with Crippen LogP contribution in [0.25, 0.3) is 0 Å². The third-order valence-electron chi connectivity index (χ3n) is 5.56. The van der Waals surface area contributed by atoms with E-state index < -0.39 is 11.7 Å². The van der Waals surface area contributed by atoms with E-state index in [-0.39, 0.29) is 18.4 Å². The summed E-state index contributed by atoms with van der Waals surface area (Å²) < 4.78 is 39.0. The standard InChI is InChI=1S/C26H24F3N3O2S/c1-31(2)14-13-30-24(33)18-9-12-23-21(15-18)32(25(34)20-5-3-4-6-22(20)35-23)16-17-7-10-19(11-8-17)26(27,28)29/h3-12,15H,13-14,16H2,1-2H3,(H,30,33). The Bertz CT molecular complexity index is 1240. The summed E-state index contributed by atoms with van der Waals surface area (Å²) in [4.78, 5) is 31.4. The second-order valence-electron chi connectivity index (χ2n) is 8.43. The molecule has 2 amide bonds. The molecule has 35 heavy (non-hydrogen) atoms. The number of hydrogen-bond acceptors (Lipinski definition) is 4. The number of halogens is 3. The van der Waals surface area contributed by atoms with Crippen LogP contribution in [0.4, 0.5) is 18.9 Å². The number of hydrogen-bond donors (Lipinski definition) is 1. The largest absolute Gasteiger partial charge is 0.416 e. The number of amides is 2. The van der Waals surface area contributed by atoms with Crippen molar-refractivity contribution in [3.63, 3.8) is 0 Å². The zero-order valence-electron chi connectivity index (χ0n) is 19.2. The Morgan fingerprint density at radius 1 is 1.00 bits per heavy atom. The van der Waals surface area contributed by atoms with Gasteiger partial charge in [-0.25, -0.2) is 0 Å². The SMILES string of the molecule is CN(C)CCNC(=O)c1ccc2c(c1)N(Cc1ccc(C(F)(F)F)cc1)C(=O)c1ccccc1S2. The van der Waals surface area contributed by atoms with Crippen LogP contribution < -0.4 is 10.2 Å². The van der Waals surface area contributed by atoms with E-state index in [1.54, 1.807) is 30.3 Å². The van der Waals surface area contributed by atoms with Crippen molar-refractivity contribution >= 4 is 29.3 Å². The lowest BCUT2D eigenvalue weighted by Gasteiger charge is -2.24. The fourth-order valence-corrected chi connectivity index (χ4v) is 4.75. The molecule has 0 saturated heterocycles. The van der Waals surface area contributed by atoms with Crippen LogP contribution in [-0.2, 0) is 12.7 Å². The molecule has 0 radical (unpaired) electrons. The van der Waals surface area contributed by atoms with Crippen LogP contribution in [0.3, 0.4) is 0 Å². The summed E-state index contributed by atoms with van der Waals surface area (Å²) >= 11 is 1.42. The van der Waals surface area contributed by atoms with Crippen molar-refractivity contribution in [2.45, 2.75) is 22.5 Å². The van der Waals surface area contributed by atoms with Crippen molar-refractivity contribution in [3.05, 3.63) is 89.0 Å². The second-order valence-corrected chi connectivity index (χ2v) is 9.51. The van der Waals surface area contributed by atoms with Gasteiger partial charge in [-0.3, -0.25) is 9.59 Å². The smallest absolute Gasteiger partial charge is 0.351 e. The monoisotopic (exact) mass is 499 g/mol. The number of carbonyl (C=O) groups excluding carboxylic acids is 2.